The highest BCUT2D eigenvalue weighted by atomic mass is 79.9. The van der Waals surface area contributed by atoms with Gasteiger partial charge in [0.15, 0.2) is 0 Å². The van der Waals surface area contributed by atoms with E-state index in [2.05, 4.69) is 20.9 Å². The Hall–Kier alpha value is -0.670. The van der Waals surface area contributed by atoms with Crippen LogP contribution in [0.4, 0.5) is 4.39 Å². The van der Waals surface area contributed by atoms with Crippen LogP contribution in [0.3, 0.4) is 0 Å². The molecular weight excluding hydrogens is 256 g/mol. The molecule has 0 atom stereocenters. The standard InChI is InChI=1S/C9H4BrClFN/c10-5-3-4-13-9-6(11)1-2-7(12)8(5)9/h1-4H. The highest BCUT2D eigenvalue weighted by molar-refractivity contribution is 9.10. The maximum Gasteiger partial charge on any atom is 0.133 e. The molecule has 1 nitrogen and oxygen atoms in total. The van der Waals surface area contributed by atoms with Gasteiger partial charge in [-0.25, -0.2) is 4.39 Å². The molecule has 0 aliphatic carbocycles. The van der Waals surface area contributed by atoms with Gasteiger partial charge in [0.25, 0.3) is 0 Å². The topological polar surface area (TPSA) is 12.9 Å². The summed E-state index contributed by atoms with van der Waals surface area (Å²) in [6, 6.07) is 4.51. The summed E-state index contributed by atoms with van der Waals surface area (Å²) in [6.07, 6.45) is 1.58. The van der Waals surface area contributed by atoms with Crippen molar-refractivity contribution >= 4 is 38.4 Å². The number of aromatic nitrogens is 1. The van der Waals surface area contributed by atoms with Gasteiger partial charge in [-0.2, -0.15) is 0 Å². The second-order valence-electron chi connectivity index (χ2n) is 2.55. The van der Waals surface area contributed by atoms with Crippen LogP contribution in [-0.2, 0) is 0 Å². The van der Waals surface area contributed by atoms with E-state index in [4.69, 9.17) is 11.6 Å². The third kappa shape index (κ3) is 1.42. The lowest BCUT2D eigenvalue weighted by molar-refractivity contribution is 0.639. The first kappa shape index (κ1) is 8.91. The molecule has 0 saturated carbocycles. The molecule has 0 aliphatic rings. The van der Waals surface area contributed by atoms with Crippen molar-refractivity contribution < 1.29 is 4.39 Å². The quantitative estimate of drug-likeness (QED) is 0.702. The predicted molar refractivity (Wildman–Crippen MR) is 54.4 cm³/mol. The molecule has 2 aromatic rings. The van der Waals surface area contributed by atoms with Crippen LogP contribution in [0.1, 0.15) is 0 Å². The highest BCUT2D eigenvalue weighted by Crippen LogP contribution is 2.29. The number of hydrogen-bond acceptors (Lipinski definition) is 1. The van der Waals surface area contributed by atoms with Gasteiger partial charge in [-0.1, -0.05) is 11.6 Å². The van der Waals surface area contributed by atoms with Crippen LogP contribution in [0.5, 0.6) is 0 Å². The van der Waals surface area contributed by atoms with E-state index in [9.17, 15) is 4.39 Å². The molecule has 0 fully saturated rings. The average Bonchev–Trinajstić information content (AvgIpc) is 2.12. The summed E-state index contributed by atoms with van der Waals surface area (Å²) >= 11 is 9.09. The summed E-state index contributed by atoms with van der Waals surface area (Å²) in [4.78, 5) is 4.00. The van der Waals surface area contributed by atoms with Gasteiger partial charge in [0.2, 0.25) is 0 Å². The Morgan fingerprint density at radius 2 is 2.08 bits per heavy atom. The molecule has 0 bridgehead atoms. The number of fused-ring (bicyclic) bond motifs is 1. The SMILES string of the molecule is Fc1ccc(Cl)c2nccc(Br)c12. The van der Waals surface area contributed by atoms with Gasteiger partial charge in [0, 0.05) is 10.7 Å². The minimum absolute atomic E-state index is 0.320. The molecule has 1 aromatic heterocycles. The second kappa shape index (κ2) is 3.24. The van der Waals surface area contributed by atoms with Crippen molar-refractivity contribution in [2.45, 2.75) is 0 Å². The highest BCUT2D eigenvalue weighted by Gasteiger charge is 2.07. The summed E-state index contributed by atoms with van der Waals surface area (Å²) in [5.41, 5.74) is 0.482. The van der Waals surface area contributed by atoms with Gasteiger partial charge in [-0.15, -0.1) is 0 Å². The lowest BCUT2D eigenvalue weighted by Gasteiger charge is -2.02. The van der Waals surface area contributed by atoms with E-state index in [-0.39, 0.29) is 5.82 Å². The predicted octanol–water partition coefficient (Wildman–Crippen LogP) is 3.79. The number of hydrogen-bond donors (Lipinski definition) is 0. The van der Waals surface area contributed by atoms with E-state index < -0.39 is 0 Å². The zero-order valence-corrected chi connectivity index (χ0v) is 8.73. The monoisotopic (exact) mass is 259 g/mol. The molecule has 13 heavy (non-hydrogen) atoms. The largest absolute Gasteiger partial charge is 0.254 e. The number of rotatable bonds is 0. The Morgan fingerprint density at radius 3 is 2.77 bits per heavy atom. The van der Waals surface area contributed by atoms with Crippen LogP contribution in [0.2, 0.25) is 5.02 Å². The summed E-state index contributed by atoms with van der Waals surface area (Å²) in [6.45, 7) is 0. The lowest BCUT2D eigenvalue weighted by atomic mass is 10.2. The molecule has 0 amide bonds. The molecule has 0 aliphatic heterocycles. The maximum atomic E-state index is 13.3. The zero-order valence-electron chi connectivity index (χ0n) is 6.39. The Balaban J connectivity index is 3.00. The van der Waals surface area contributed by atoms with Crippen LogP contribution in [-0.4, -0.2) is 4.98 Å². The molecule has 1 aromatic carbocycles. The van der Waals surface area contributed by atoms with E-state index in [0.29, 0.717) is 20.4 Å². The van der Waals surface area contributed by atoms with Crippen molar-refractivity contribution in [3.63, 3.8) is 0 Å². The van der Waals surface area contributed by atoms with Crippen molar-refractivity contribution in [2.24, 2.45) is 0 Å². The van der Waals surface area contributed by atoms with Crippen molar-refractivity contribution in [2.75, 3.05) is 0 Å². The average molecular weight is 260 g/mol. The fourth-order valence-corrected chi connectivity index (χ4v) is 1.86. The van der Waals surface area contributed by atoms with Gasteiger partial charge in [-0.05, 0) is 34.1 Å². The van der Waals surface area contributed by atoms with Gasteiger partial charge >= 0.3 is 0 Å². The Kier molecular flexibility index (Phi) is 2.22. The fourth-order valence-electron chi connectivity index (χ4n) is 1.16. The molecule has 0 radical (unpaired) electrons. The minimum Gasteiger partial charge on any atom is -0.254 e. The Morgan fingerprint density at radius 1 is 1.31 bits per heavy atom. The van der Waals surface area contributed by atoms with Crippen LogP contribution in [0.25, 0.3) is 10.9 Å². The minimum atomic E-state index is -0.320. The van der Waals surface area contributed by atoms with Crippen LogP contribution >= 0.6 is 27.5 Å². The number of nitrogens with zero attached hydrogens (tertiary/aromatic N) is 1. The first-order valence-electron chi connectivity index (χ1n) is 3.58. The first-order valence-corrected chi connectivity index (χ1v) is 4.75. The third-order valence-corrected chi connectivity index (χ3v) is 2.71. The number of pyridine rings is 1. The molecular formula is C9H4BrClFN. The first-order chi connectivity index (χ1) is 6.20. The van der Waals surface area contributed by atoms with E-state index in [1.54, 1.807) is 12.3 Å². The summed E-state index contributed by atoms with van der Waals surface area (Å²) in [7, 11) is 0. The molecule has 0 spiro atoms. The van der Waals surface area contributed by atoms with Gasteiger partial charge < -0.3 is 0 Å². The third-order valence-electron chi connectivity index (χ3n) is 1.74. The van der Waals surface area contributed by atoms with Crippen molar-refractivity contribution in [1.29, 1.82) is 0 Å². The fraction of sp³-hybridized carbons (Fsp3) is 0. The molecule has 66 valence electrons. The molecule has 1 heterocycles. The smallest absolute Gasteiger partial charge is 0.133 e. The molecule has 0 unspecified atom stereocenters. The summed E-state index contributed by atoms with van der Waals surface area (Å²) in [5, 5.41) is 0.882. The summed E-state index contributed by atoms with van der Waals surface area (Å²) < 4.78 is 14.0. The van der Waals surface area contributed by atoms with Crippen molar-refractivity contribution in [3.05, 3.63) is 39.7 Å². The van der Waals surface area contributed by atoms with E-state index in [1.807, 2.05) is 0 Å². The molecule has 4 heteroatoms. The lowest BCUT2D eigenvalue weighted by Crippen LogP contribution is -1.85. The van der Waals surface area contributed by atoms with Gasteiger partial charge in [0.1, 0.15) is 5.82 Å². The maximum absolute atomic E-state index is 13.3. The number of halogens is 3. The van der Waals surface area contributed by atoms with E-state index in [1.165, 1.54) is 12.1 Å². The van der Waals surface area contributed by atoms with E-state index >= 15 is 0 Å². The van der Waals surface area contributed by atoms with Crippen LogP contribution < -0.4 is 0 Å². The molecule has 0 saturated heterocycles. The molecule has 2 rings (SSSR count). The van der Waals surface area contributed by atoms with Gasteiger partial charge in [0.05, 0.1) is 15.9 Å². The zero-order chi connectivity index (χ0) is 9.42. The summed E-state index contributed by atoms with van der Waals surface area (Å²) in [5.74, 6) is -0.320. The van der Waals surface area contributed by atoms with Crippen LogP contribution in [0.15, 0.2) is 28.9 Å². The Labute approximate surface area is 87.7 Å². The second-order valence-corrected chi connectivity index (χ2v) is 3.81. The van der Waals surface area contributed by atoms with E-state index in [0.717, 1.165) is 0 Å². The Bertz CT molecular complexity index is 464. The van der Waals surface area contributed by atoms with Gasteiger partial charge in [-0.3, -0.25) is 4.98 Å². The van der Waals surface area contributed by atoms with Crippen molar-refractivity contribution in [3.8, 4) is 0 Å². The van der Waals surface area contributed by atoms with Crippen molar-refractivity contribution in [1.82, 2.24) is 4.98 Å². The normalized spacial score (nSPS) is 10.7. The molecule has 0 N–H and O–H groups in total. The number of benzene rings is 1. The van der Waals surface area contributed by atoms with Crippen LogP contribution in [0, 0.1) is 5.82 Å².